The number of hydrogen-bond acceptors (Lipinski definition) is 3. The number of pyridine rings is 1. The minimum atomic E-state index is 0.126. The van der Waals surface area contributed by atoms with Crippen molar-refractivity contribution in [3.8, 4) is 0 Å². The molecule has 0 aromatic carbocycles. The van der Waals surface area contributed by atoms with E-state index >= 15 is 0 Å². The number of likely N-dealkylation sites (N-methyl/N-ethyl adjacent to an activating group) is 1. The molecule has 2 heterocycles. The lowest BCUT2D eigenvalue weighted by molar-refractivity contribution is 0.0313. The number of aromatic nitrogens is 1. The first kappa shape index (κ1) is 8.66. The Kier molecular flexibility index (Phi) is 2.29. The molecule has 1 aromatic heterocycles. The summed E-state index contributed by atoms with van der Waals surface area (Å²) in [5.41, 5.74) is 2.33. The van der Waals surface area contributed by atoms with Gasteiger partial charge < -0.3 is 10.1 Å². The minimum absolute atomic E-state index is 0.126. The molecule has 0 spiro atoms. The highest BCUT2D eigenvalue weighted by Gasteiger charge is 2.24. The van der Waals surface area contributed by atoms with Gasteiger partial charge in [-0.3, -0.25) is 4.98 Å². The monoisotopic (exact) mass is 178 g/mol. The Morgan fingerprint density at radius 2 is 2.46 bits per heavy atom. The lowest BCUT2D eigenvalue weighted by atomic mass is 10.0. The van der Waals surface area contributed by atoms with Crippen molar-refractivity contribution in [1.82, 2.24) is 10.3 Å². The van der Waals surface area contributed by atoms with Gasteiger partial charge in [0.15, 0.2) is 0 Å². The molecule has 2 atom stereocenters. The van der Waals surface area contributed by atoms with Crippen LogP contribution in [0.25, 0.3) is 0 Å². The van der Waals surface area contributed by atoms with E-state index in [0.717, 1.165) is 12.3 Å². The van der Waals surface area contributed by atoms with Crippen LogP contribution in [0.1, 0.15) is 30.3 Å². The first-order valence-electron chi connectivity index (χ1n) is 4.56. The summed E-state index contributed by atoms with van der Waals surface area (Å²) in [6.45, 7) is 2.77. The van der Waals surface area contributed by atoms with Crippen molar-refractivity contribution in [2.75, 3.05) is 13.7 Å². The molecule has 0 saturated heterocycles. The topological polar surface area (TPSA) is 34.1 Å². The van der Waals surface area contributed by atoms with E-state index in [4.69, 9.17) is 4.74 Å². The maximum atomic E-state index is 5.58. The van der Waals surface area contributed by atoms with Gasteiger partial charge in [-0.15, -0.1) is 0 Å². The van der Waals surface area contributed by atoms with Crippen molar-refractivity contribution >= 4 is 0 Å². The fourth-order valence-corrected chi connectivity index (χ4v) is 1.71. The summed E-state index contributed by atoms with van der Waals surface area (Å²) < 4.78 is 5.58. The standard InChI is InChI=1S/C10H14N2O/c1-7-10-8(4-3-5-12-10)9(11-2)6-13-7/h3-5,7,9,11H,6H2,1-2H3/t7?,9-/m1/s1. The van der Waals surface area contributed by atoms with Gasteiger partial charge in [0.1, 0.15) is 0 Å². The van der Waals surface area contributed by atoms with E-state index < -0.39 is 0 Å². The predicted molar refractivity (Wildman–Crippen MR) is 50.4 cm³/mol. The Bertz CT molecular complexity index is 301. The summed E-state index contributed by atoms with van der Waals surface area (Å²) in [6.07, 6.45) is 1.94. The second kappa shape index (κ2) is 3.44. The Morgan fingerprint density at radius 3 is 3.23 bits per heavy atom. The zero-order chi connectivity index (χ0) is 9.26. The van der Waals surface area contributed by atoms with Crippen molar-refractivity contribution in [3.05, 3.63) is 29.6 Å². The third kappa shape index (κ3) is 1.45. The molecule has 1 aliphatic heterocycles. The zero-order valence-electron chi connectivity index (χ0n) is 7.95. The Labute approximate surface area is 78.1 Å². The second-order valence-corrected chi connectivity index (χ2v) is 3.29. The van der Waals surface area contributed by atoms with Gasteiger partial charge >= 0.3 is 0 Å². The summed E-state index contributed by atoms with van der Waals surface area (Å²) >= 11 is 0. The van der Waals surface area contributed by atoms with Gasteiger partial charge in [0.25, 0.3) is 0 Å². The maximum Gasteiger partial charge on any atom is 0.0970 e. The molecule has 3 nitrogen and oxygen atoms in total. The SMILES string of the molecule is CN[C@@H]1COC(C)c2ncccc21. The van der Waals surface area contributed by atoms with Crippen molar-refractivity contribution in [1.29, 1.82) is 0 Å². The Hall–Kier alpha value is -0.930. The van der Waals surface area contributed by atoms with Gasteiger partial charge in [0.05, 0.1) is 24.4 Å². The molecule has 1 aromatic rings. The van der Waals surface area contributed by atoms with E-state index in [2.05, 4.69) is 16.4 Å². The molecule has 0 saturated carbocycles. The van der Waals surface area contributed by atoms with Gasteiger partial charge in [-0.25, -0.2) is 0 Å². The van der Waals surface area contributed by atoms with Crippen molar-refractivity contribution in [2.24, 2.45) is 0 Å². The molecule has 70 valence electrons. The second-order valence-electron chi connectivity index (χ2n) is 3.29. The molecule has 0 amide bonds. The fourth-order valence-electron chi connectivity index (χ4n) is 1.71. The smallest absolute Gasteiger partial charge is 0.0970 e. The number of nitrogens with zero attached hydrogens (tertiary/aromatic N) is 1. The average molecular weight is 178 g/mol. The highest BCUT2D eigenvalue weighted by molar-refractivity contribution is 5.27. The highest BCUT2D eigenvalue weighted by Crippen LogP contribution is 2.29. The van der Waals surface area contributed by atoms with Crippen molar-refractivity contribution < 1.29 is 4.74 Å². The van der Waals surface area contributed by atoms with Crippen LogP contribution in [-0.2, 0) is 4.74 Å². The van der Waals surface area contributed by atoms with Crippen LogP contribution in [0, 0.1) is 0 Å². The van der Waals surface area contributed by atoms with E-state index in [9.17, 15) is 0 Å². The minimum Gasteiger partial charge on any atom is -0.370 e. The number of hydrogen-bond donors (Lipinski definition) is 1. The van der Waals surface area contributed by atoms with Gasteiger partial charge in [-0.2, -0.15) is 0 Å². The summed E-state index contributed by atoms with van der Waals surface area (Å²) in [4.78, 5) is 4.33. The van der Waals surface area contributed by atoms with E-state index in [1.54, 1.807) is 0 Å². The van der Waals surface area contributed by atoms with Gasteiger partial charge in [-0.1, -0.05) is 6.07 Å². The molecule has 0 radical (unpaired) electrons. The maximum absolute atomic E-state index is 5.58. The zero-order valence-corrected chi connectivity index (χ0v) is 7.95. The fraction of sp³-hybridized carbons (Fsp3) is 0.500. The molecule has 1 aliphatic rings. The van der Waals surface area contributed by atoms with E-state index in [-0.39, 0.29) is 6.10 Å². The van der Waals surface area contributed by atoms with Crippen molar-refractivity contribution in [2.45, 2.75) is 19.1 Å². The summed E-state index contributed by atoms with van der Waals surface area (Å²) in [5, 5.41) is 3.22. The number of nitrogens with one attached hydrogen (secondary N) is 1. The third-order valence-electron chi connectivity index (χ3n) is 2.49. The molecular weight excluding hydrogens is 164 g/mol. The molecule has 3 heteroatoms. The average Bonchev–Trinajstić information content (AvgIpc) is 2.19. The van der Waals surface area contributed by atoms with Crippen molar-refractivity contribution in [3.63, 3.8) is 0 Å². The van der Waals surface area contributed by atoms with E-state index in [0.29, 0.717) is 6.04 Å². The molecule has 2 rings (SSSR count). The van der Waals surface area contributed by atoms with Gasteiger partial charge in [-0.05, 0) is 25.6 Å². The molecule has 0 bridgehead atoms. The molecule has 1 unspecified atom stereocenters. The van der Waals surface area contributed by atoms with Crippen LogP contribution >= 0.6 is 0 Å². The first-order chi connectivity index (χ1) is 6.33. The van der Waals surface area contributed by atoms with Crippen LogP contribution in [-0.4, -0.2) is 18.6 Å². The van der Waals surface area contributed by atoms with Crippen LogP contribution in [0.2, 0.25) is 0 Å². The number of fused-ring (bicyclic) bond motifs is 1. The molecule has 0 fully saturated rings. The summed E-state index contributed by atoms with van der Waals surface area (Å²) in [5.74, 6) is 0. The number of rotatable bonds is 1. The largest absolute Gasteiger partial charge is 0.370 e. The molecule has 1 N–H and O–H groups in total. The van der Waals surface area contributed by atoms with E-state index in [1.165, 1.54) is 5.56 Å². The van der Waals surface area contributed by atoms with E-state index in [1.807, 2.05) is 26.2 Å². The van der Waals surface area contributed by atoms with Gasteiger partial charge in [0, 0.05) is 6.20 Å². The third-order valence-corrected chi connectivity index (χ3v) is 2.49. The molecular formula is C10H14N2O. The Morgan fingerprint density at radius 1 is 1.62 bits per heavy atom. The van der Waals surface area contributed by atoms with Crippen LogP contribution < -0.4 is 5.32 Å². The highest BCUT2D eigenvalue weighted by atomic mass is 16.5. The Balaban J connectivity index is 2.42. The van der Waals surface area contributed by atoms with Crippen LogP contribution in [0.3, 0.4) is 0 Å². The van der Waals surface area contributed by atoms with Crippen LogP contribution in [0.5, 0.6) is 0 Å². The summed E-state index contributed by atoms with van der Waals surface area (Å²) in [6, 6.07) is 4.38. The van der Waals surface area contributed by atoms with Gasteiger partial charge in [0.2, 0.25) is 0 Å². The normalized spacial score (nSPS) is 26.9. The molecule has 13 heavy (non-hydrogen) atoms. The van der Waals surface area contributed by atoms with Crippen LogP contribution in [0.4, 0.5) is 0 Å². The quantitative estimate of drug-likeness (QED) is 0.706. The predicted octanol–water partition coefficient (Wildman–Crippen LogP) is 1.43. The lowest BCUT2D eigenvalue weighted by Crippen LogP contribution is -2.29. The lowest BCUT2D eigenvalue weighted by Gasteiger charge is -2.28. The number of ether oxygens (including phenoxy) is 1. The molecule has 0 aliphatic carbocycles. The van der Waals surface area contributed by atoms with Crippen LogP contribution in [0.15, 0.2) is 18.3 Å². The summed E-state index contributed by atoms with van der Waals surface area (Å²) in [7, 11) is 1.95. The first-order valence-corrected chi connectivity index (χ1v) is 4.56.